The molecular formula is C15H21N3OS. The lowest BCUT2D eigenvalue weighted by atomic mass is 9.82. The molecule has 5 heteroatoms. The average molecular weight is 291 g/mol. The maximum atomic E-state index is 5.42. The quantitative estimate of drug-likeness (QED) is 0.920. The molecule has 0 amide bonds. The number of hydrogen-bond donors (Lipinski definition) is 1. The number of aromatic nitrogens is 2. The van der Waals surface area contributed by atoms with Crippen molar-refractivity contribution in [2.45, 2.75) is 44.6 Å². The fourth-order valence-electron chi connectivity index (χ4n) is 3.07. The summed E-state index contributed by atoms with van der Waals surface area (Å²) >= 11 is 1.74. The van der Waals surface area contributed by atoms with Crippen LogP contribution in [-0.2, 0) is 12.8 Å². The van der Waals surface area contributed by atoms with E-state index in [1.54, 1.807) is 11.3 Å². The number of rotatable bonds is 5. The van der Waals surface area contributed by atoms with Crippen molar-refractivity contribution in [3.05, 3.63) is 34.1 Å². The van der Waals surface area contributed by atoms with E-state index >= 15 is 0 Å². The zero-order valence-corrected chi connectivity index (χ0v) is 12.7. The van der Waals surface area contributed by atoms with Crippen molar-refractivity contribution in [1.82, 2.24) is 15.5 Å². The number of thiophene rings is 1. The molecule has 2 heterocycles. The molecule has 0 aliphatic heterocycles. The van der Waals surface area contributed by atoms with Gasteiger partial charge >= 0.3 is 0 Å². The van der Waals surface area contributed by atoms with Crippen LogP contribution in [0.25, 0.3) is 0 Å². The predicted octanol–water partition coefficient (Wildman–Crippen LogP) is 3.04. The van der Waals surface area contributed by atoms with E-state index in [4.69, 9.17) is 4.52 Å². The minimum absolute atomic E-state index is 0.594. The fourth-order valence-corrected chi connectivity index (χ4v) is 3.77. The molecule has 1 fully saturated rings. The molecular weight excluding hydrogens is 270 g/mol. The Labute approximate surface area is 123 Å². The molecule has 108 valence electrons. The van der Waals surface area contributed by atoms with E-state index in [-0.39, 0.29) is 0 Å². The molecule has 0 aromatic carbocycles. The SMILES string of the molecule is CNC1CCCCC1Cc1nc(Cc2cccs2)no1. The molecule has 0 bridgehead atoms. The first-order chi connectivity index (χ1) is 9.85. The molecule has 4 nitrogen and oxygen atoms in total. The van der Waals surface area contributed by atoms with E-state index in [0.717, 1.165) is 24.6 Å². The van der Waals surface area contributed by atoms with E-state index in [1.807, 2.05) is 0 Å². The smallest absolute Gasteiger partial charge is 0.226 e. The Morgan fingerprint density at radius 1 is 1.40 bits per heavy atom. The van der Waals surface area contributed by atoms with Gasteiger partial charge in [-0.15, -0.1) is 11.3 Å². The molecule has 3 rings (SSSR count). The van der Waals surface area contributed by atoms with Gasteiger partial charge in [-0.1, -0.05) is 24.1 Å². The second-order valence-electron chi connectivity index (χ2n) is 5.50. The normalized spacial score (nSPS) is 23.1. The van der Waals surface area contributed by atoms with E-state index in [2.05, 4.69) is 40.0 Å². The lowest BCUT2D eigenvalue weighted by molar-refractivity contribution is 0.248. The van der Waals surface area contributed by atoms with Crippen molar-refractivity contribution in [3.63, 3.8) is 0 Å². The van der Waals surface area contributed by atoms with Gasteiger partial charge in [0.1, 0.15) is 0 Å². The number of nitrogens with zero attached hydrogens (tertiary/aromatic N) is 2. The maximum absolute atomic E-state index is 5.42. The van der Waals surface area contributed by atoms with Crippen molar-refractivity contribution in [2.24, 2.45) is 5.92 Å². The Morgan fingerprint density at radius 2 is 2.30 bits per heavy atom. The van der Waals surface area contributed by atoms with Crippen LogP contribution in [0.3, 0.4) is 0 Å². The van der Waals surface area contributed by atoms with Gasteiger partial charge in [0, 0.05) is 23.8 Å². The molecule has 0 saturated heterocycles. The molecule has 2 unspecified atom stereocenters. The van der Waals surface area contributed by atoms with Crippen molar-refractivity contribution >= 4 is 11.3 Å². The fraction of sp³-hybridized carbons (Fsp3) is 0.600. The highest BCUT2D eigenvalue weighted by molar-refractivity contribution is 7.09. The molecule has 2 aromatic heterocycles. The second-order valence-corrected chi connectivity index (χ2v) is 6.54. The topological polar surface area (TPSA) is 51.0 Å². The molecule has 1 aliphatic carbocycles. The van der Waals surface area contributed by atoms with E-state index < -0.39 is 0 Å². The third-order valence-corrected chi connectivity index (χ3v) is 5.02. The highest BCUT2D eigenvalue weighted by Crippen LogP contribution is 2.27. The third kappa shape index (κ3) is 3.27. The monoisotopic (exact) mass is 291 g/mol. The van der Waals surface area contributed by atoms with Crippen molar-refractivity contribution < 1.29 is 4.52 Å². The largest absolute Gasteiger partial charge is 0.339 e. The highest BCUT2D eigenvalue weighted by Gasteiger charge is 2.25. The van der Waals surface area contributed by atoms with Crippen LogP contribution in [0.4, 0.5) is 0 Å². The standard InChI is InChI=1S/C15H21N3OS/c1-16-13-7-3-2-5-11(13)9-15-17-14(18-19-15)10-12-6-4-8-20-12/h4,6,8,11,13,16H,2-3,5,7,9-10H2,1H3. The first-order valence-corrected chi connectivity index (χ1v) is 8.24. The van der Waals surface area contributed by atoms with Crippen LogP contribution in [0.5, 0.6) is 0 Å². The molecule has 0 radical (unpaired) electrons. The summed E-state index contributed by atoms with van der Waals surface area (Å²) in [5.41, 5.74) is 0. The molecule has 0 spiro atoms. The average Bonchev–Trinajstić information content (AvgIpc) is 3.12. The Morgan fingerprint density at radius 3 is 3.10 bits per heavy atom. The van der Waals surface area contributed by atoms with Crippen LogP contribution in [0.1, 0.15) is 42.3 Å². The van der Waals surface area contributed by atoms with Crippen LogP contribution in [-0.4, -0.2) is 23.2 Å². The Kier molecular flexibility index (Phi) is 4.47. The van der Waals surface area contributed by atoms with Gasteiger partial charge in [0.2, 0.25) is 5.89 Å². The van der Waals surface area contributed by atoms with Gasteiger partial charge in [-0.2, -0.15) is 4.98 Å². The maximum Gasteiger partial charge on any atom is 0.226 e. The van der Waals surface area contributed by atoms with Gasteiger partial charge in [0.05, 0.1) is 0 Å². The molecule has 2 aromatic rings. The summed E-state index contributed by atoms with van der Waals surface area (Å²) in [5, 5.41) is 9.62. The molecule has 20 heavy (non-hydrogen) atoms. The summed E-state index contributed by atoms with van der Waals surface area (Å²) < 4.78 is 5.42. The lowest BCUT2D eigenvalue weighted by Gasteiger charge is -2.30. The van der Waals surface area contributed by atoms with Crippen molar-refractivity contribution in [1.29, 1.82) is 0 Å². The summed E-state index contributed by atoms with van der Waals surface area (Å²) in [6.45, 7) is 0. The minimum Gasteiger partial charge on any atom is -0.339 e. The number of hydrogen-bond acceptors (Lipinski definition) is 5. The van der Waals surface area contributed by atoms with Gasteiger partial charge in [-0.25, -0.2) is 0 Å². The molecule has 1 saturated carbocycles. The predicted molar refractivity (Wildman–Crippen MR) is 79.9 cm³/mol. The summed E-state index contributed by atoms with van der Waals surface area (Å²) in [7, 11) is 2.05. The molecule has 1 aliphatic rings. The van der Waals surface area contributed by atoms with Crippen LogP contribution in [0.15, 0.2) is 22.0 Å². The first-order valence-electron chi connectivity index (χ1n) is 7.36. The minimum atomic E-state index is 0.594. The van der Waals surface area contributed by atoms with E-state index in [9.17, 15) is 0 Å². The van der Waals surface area contributed by atoms with Gasteiger partial charge in [0.25, 0.3) is 0 Å². The molecule has 2 atom stereocenters. The summed E-state index contributed by atoms with van der Waals surface area (Å²) in [5.74, 6) is 2.23. The zero-order chi connectivity index (χ0) is 13.8. The Balaban J connectivity index is 1.61. The van der Waals surface area contributed by atoms with Crippen LogP contribution in [0.2, 0.25) is 0 Å². The molecule has 1 N–H and O–H groups in total. The Bertz CT molecular complexity index is 523. The van der Waals surface area contributed by atoms with Gasteiger partial charge in [0.15, 0.2) is 5.82 Å². The van der Waals surface area contributed by atoms with Gasteiger partial charge in [-0.05, 0) is 37.3 Å². The lowest BCUT2D eigenvalue weighted by Crippen LogP contribution is -2.37. The van der Waals surface area contributed by atoms with Crippen LogP contribution >= 0.6 is 11.3 Å². The second kappa shape index (κ2) is 6.50. The highest BCUT2D eigenvalue weighted by atomic mass is 32.1. The summed E-state index contributed by atoms with van der Waals surface area (Å²) in [6, 6.07) is 4.76. The van der Waals surface area contributed by atoms with Crippen LogP contribution in [0, 0.1) is 5.92 Å². The number of nitrogens with one attached hydrogen (secondary N) is 1. The van der Waals surface area contributed by atoms with E-state index in [1.165, 1.54) is 30.6 Å². The summed E-state index contributed by atoms with van der Waals surface area (Å²) in [4.78, 5) is 5.83. The summed E-state index contributed by atoms with van der Waals surface area (Å²) in [6.07, 6.45) is 6.85. The van der Waals surface area contributed by atoms with Crippen molar-refractivity contribution in [3.8, 4) is 0 Å². The van der Waals surface area contributed by atoms with Crippen LogP contribution < -0.4 is 5.32 Å². The first kappa shape index (κ1) is 13.8. The van der Waals surface area contributed by atoms with Gasteiger partial charge in [-0.3, -0.25) is 0 Å². The zero-order valence-electron chi connectivity index (χ0n) is 11.8. The van der Waals surface area contributed by atoms with Gasteiger partial charge < -0.3 is 9.84 Å². The van der Waals surface area contributed by atoms with E-state index in [0.29, 0.717) is 12.0 Å². The Hall–Kier alpha value is -1.20. The third-order valence-electron chi connectivity index (χ3n) is 4.14. The van der Waals surface area contributed by atoms with Crippen molar-refractivity contribution in [2.75, 3.05) is 7.05 Å².